The summed E-state index contributed by atoms with van der Waals surface area (Å²) in [6, 6.07) is 3.81. The summed E-state index contributed by atoms with van der Waals surface area (Å²) in [7, 11) is 3.14. The van der Waals surface area contributed by atoms with E-state index in [4.69, 9.17) is 9.47 Å². The van der Waals surface area contributed by atoms with Gasteiger partial charge in [0.25, 0.3) is 0 Å². The average Bonchev–Trinajstić information content (AvgIpc) is 2.46. The second kappa shape index (κ2) is 5.73. The molecule has 0 unspecified atom stereocenters. The highest BCUT2D eigenvalue weighted by atomic mass is 16.5. The third-order valence-corrected chi connectivity index (χ3v) is 4.26. The topological polar surface area (TPSA) is 55.8 Å². The van der Waals surface area contributed by atoms with Crippen LogP contribution in [0, 0.1) is 6.92 Å². The molecule has 0 aliphatic heterocycles. The van der Waals surface area contributed by atoms with Crippen molar-refractivity contribution >= 4 is 5.97 Å². The van der Waals surface area contributed by atoms with Crippen LogP contribution in [0.25, 0.3) is 0 Å². The number of carboxylic acids is 1. The lowest BCUT2D eigenvalue weighted by Crippen LogP contribution is -2.38. The van der Waals surface area contributed by atoms with E-state index in [9.17, 15) is 9.90 Å². The Morgan fingerprint density at radius 3 is 2.30 bits per heavy atom. The first kappa shape index (κ1) is 14.7. The molecule has 1 saturated carbocycles. The highest BCUT2D eigenvalue weighted by Gasteiger charge is 2.44. The molecule has 20 heavy (non-hydrogen) atoms. The molecule has 0 heterocycles. The van der Waals surface area contributed by atoms with Crippen molar-refractivity contribution in [1.29, 1.82) is 0 Å². The van der Waals surface area contributed by atoms with Crippen molar-refractivity contribution in [2.75, 3.05) is 14.2 Å². The Balaban J connectivity index is 2.64. The maximum atomic E-state index is 12.0. The third-order valence-electron chi connectivity index (χ3n) is 4.26. The molecule has 4 nitrogen and oxygen atoms in total. The first-order valence-electron chi connectivity index (χ1n) is 7.01. The summed E-state index contributed by atoms with van der Waals surface area (Å²) in [6.45, 7) is 1.95. The minimum absolute atomic E-state index is 0.558. The molecule has 4 heteroatoms. The molecule has 2 rings (SSSR count). The number of hydrogen-bond donors (Lipinski definition) is 1. The van der Waals surface area contributed by atoms with E-state index in [1.807, 2.05) is 19.1 Å². The molecule has 1 fully saturated rings. The predicted octanol–water partition coefficient (Wildman–Crippen LogP) is 3.30. The number of ether oxygens (including phenoxy) is 2. The van der Waals surface area contributed by atoms with Crippen LogP contribution in [-0.2, 0) is 10.2 Å². The molecule has 1 aliphatic rings. The molecule has 110 valence electrons. The fourth-order valence-corrected chi connectivity index (χ4v) is 3.21. The van der Waals surface area contributed by atoms with E-state index in [2.05, 4.69) is 0 Å². The monoisotopic (exact) mass is 278 g/mol. The van der Waals surface area contributed by atoms with Gasteiger partial charge in [-0.05, 0) is 31.4 Å². The number of carboxylic acid groups (broad SMARTS) is 1. The number of rotatable bonds is 4. The summed E-state index contributed by atoms with van der Waals surface area (Å²) in [4.78, 5) is 12.0. The van der Waals surface area contributed by atoms with Gasteiger partial charge >= 0.3 is 5.97 Å². The molecule has 1 aromatic carbocycles. The number of hydrogen-bond acceptors (Lipinski definition) is 3. The summed E-state index contributed by atoms with van der Waals surface area (Å²) in [6.07, 6.45) is 4.29. The number of benzene rings is 1. The van der Waals surface area contributed by atoms with Crippen molar-refractivity contribution in [2.45, 2.75) is 44.4 Å². The molecule has 0 amide bonds. The fourth-order valence-electron chi connectivity index (χ4n) is 3.21. The van der Waals surface area contributed by atoms with E-state index in [0.717, 1.165) is 30.4 Å². The molecule has 0 aromatic heterocycles. The smallest absolute Gasteiger partial charge is 0.314 e. The zero-order valence-electron chi connectivity index (χ0n) is 12.4. The normalized spacial score (nSPS) is 17.6. The summed E-state index contributed by atoms with van der Waals surface area (Å²) in [5, 5.41) is 9.82. The van der Waals surface area contributed by atoms with Gasteiger partial charge in [0.15, 0.2) is 11.5 Å². The van der Waals surface area contributed by atoms with Crippen molar-refractivity contribution in [2.24, 2.45) is 0 Å². The lowest BCUT2D eigenvalue weighted by molar-refractivity contribution is -0.145. The third kappa shape index (κ3) is 2.35. The van der Waals surface area contributed by atoms with E-state index >= 15 is 0 Å². The van der Waals surface area contributed by atoms with Crippen LogP contribution >= 0.6 is 0 Å². The lowest BCUT2D eigenvalue weighted by Gasteiger charge is -2.35. The van der Waals surface area contributed by atoms with Gasteiger partial charge in [-0.1, -0.05) is 25.3 Å². The SMILES string of the molecule is COc1cc(C)cc(C2(C(=O)O)CCCCC2)c1OC. The zero-order valence-corrected chi connectivity index (χ0v) is 12.4. The Hall–Kier alpha value is -1.71. The molecule has 0 saturated heterocycles. The Morgan fingerprint density at radius 1 is 1.15 bits per heavy atom. The predicted molar refractivity (Wildman–Crippen MR) is 76.7 cm³/mol. The van der Waals surface area contributed by atoms with Crippen LogP contribution < -0.4 is 9.47 Å². The molecule has 0 radical (unpaired) electrons. The molecule has 0 spiro atoms. The molecule has 1 N–H and O–H groups in total. The van der Waals surface area contributed by atoms with Crippen molar-refractivity contribution in [3.05, 3.63) is 23.3 Å². The van der Waals surface area contributed by atoms with Crippen molar-refractivity contribution < 1.29 is 19.4 Å². The average molecular weight is 278 g/mol. The maximum absolute atomic E-state index is 12.0. The first-order valence-corrected chi connectivity index (χ1v) is 7.01. The molecular weight excluding hydrogens is 256 g/mol. The van der Waals surface area contributed by atoms with Crippen LogP contribution in [0.5, 0.6) is 11.5 Å². The van der Waals surface area contributed by atoms with Gasteiger partial charge in [0.05, 0.1) is 19.6 Å². The lowest BCUT2D eigenvalue weighted by atomic mass is 9.69. The van der Waals surface area contributed by atoms with E-state index in [1.165, 1.54) is 0 Å². The van der Waals surface area contributed by atoms with Gasteiger partial charge in [-0.3, -0.25) is 4.79 Å². The molecule has 0 atom stereocenters. The summed E-state index contributed by atoms with van der Waals surface area (Å²) < 4.78 is 10.8. The Morgan fingerprint density at radius 2 is 1.80 bits per heavy atom. The van der Waals surface area contributed by atoms with E-state index in [-0.39, 0.29) is 0 Å². The maximum Gasteiger partial charge on any atom is 0.314 e. The highest BCUT2D eigenvalue weighted by Crippen LogP contribution is 2.47. The quantitative estimate of drug-likeness (QED) is 0.918. The Bertz CT molecular complexity index is 501. The van der Waals surface area contributed by atoms with Gasteiger partial charge in [0.1, 0.15) is 0 Å². The van der Waals surface area contributed by atoms with Gasteiger partial charge in [0, 0.05) is 5.56 Å². The number of methoxy groups -OCH3 is 2. The number of aryl methyl sites for hydroxylation is 1. The van der Waals surface area contributed by atoms with Gasteiger partial charge < -0.3 is 14.6 Å². The van der Waals surface area contributed by atoms with E-state index in [1.54, 1.807) is 14.2 Å². The standard InChI is InChI=1S/C16H22O4/c1-11-9-12(14(20-3)13(10-11)19-2)16(15(17)18)7-5-4-6-8-16/h9-10H,4-8H2,1-3H3,(H,17,18). The van der Waals surface area contributed by atoms with Crippen molar-refractivity contribution in [3.8, 4) is 11.5 Å². The minimum Gasteiger partial charge on any atom is -0.493 e. The van der Waals surface area contributed by atoms with Crippen LogP contribution in [0.15, 0.2) is 12.1 Å². The van der Waals surface area contributed by atoms with Crippen LogP contribution in [0.2, 0.25) is 0 Å². The van der Waals surface area contributed by atoms with Crippen LogP contribution in [0.1, 0.15) is 43.2 Å². The molecule has 1 aromatic rings. The summed E-state index contributed by atoms with van der Waals surface area (Å²) in [5.41, 5.74) is 0.899. The van der Waals surface area contributed by atoms with Gasteiger partial charge in [-0.2, -0.15) is 0 Å². The molecular formula is C16H22O4. The minimum atomic E-state index is -0.844. The number of aliphatic carboxylic acids is 1. The number of carbonyl (C=O) groups is 1. The summed E-state index contributed by atoms with van der Waals surface area (Å²) in [5.74, 6) is 0.402. The van der Waals surface area contributed by atoms with Gasteiger partial charge in [-0.15, -0.1) is 0 Å². The second-order valence-electron chi connectivity index (χ2n) is 5.50. The van der Waals surface area contributed by atoms with Crippen molar-refractivity contribution in [3.63, 3.8) is 0 Å². The van der Waals surface area contributed by atoms with Gasteiger partial charge in [0.2, 0.25) is 0 Å². The second-order valence-corrected chi connectivity index (χ2v) is 5.50. The van der Waals surface area contributed by atoms with Crippen LogP contribution in [-0.4, -0.2) is 25.3 Å². The van der Waals surface area contributed by atoms with Crippen molar-refractivity contribution in [1.82, 2.24) is 0 Å². The summed E-state index contributed by atoms with van der Waals surface area (Å²) >= 11 is 0. The first-order chi connectivity index (χ1) is 9.55. The zero-order chi connectivity index (χ0) is 14.8. The van der Waals surface area contributed by atoms with Crippen LogP contribution in [0.3, 0.4) is 0 Å². The van der Waals surface area contributed by atoms with Crippen LogP contribution in [0.4, 0.5) is 0 Å². The fraction of sp³-hybridized carbons (Fsp3) is 0.562. The van der Waals surface area contributed by atoms with Gasteiger partial charge in [-0.25, -0.2) is 0 Å². The Labute approximate surface area is 119 Å². The highest BCUT2D eigenvalue weighted by molar-refractivity contribution is 5.83. The molecule has 1 aliphatic carbocycles. The Kier molecular flexibility index (Phi) is 4.21. The van der Waals surface area contributed by atoms with E-state index in [0.29, 0.717) is 24.3 Å². The van der Waals surface area contributed by atoms with E-state index < -0.39 is 11.4 Å². The molecule has 0 bridgehead atoms. The largest absolute Gasteiger partial charge is 0.493 e.